The van der Waals surface area contributed by atoms with Gasteiger partial charge in [0, 0.05) is 25.4 Å². The fourth-order valence-corrected chi connectivity index (χ4v) is 5.68. The molecule has 7 nitrogen and oxygen atoms in total. The van der Waals surface area contributed by atoms with E-state index in [1.165, 1.54) is 0 Å². The Bertz CT molecular complexity index is 1070. The Labute approximate surface area is 226 Å². The van der Waals surface area contributed by atoms with Crippen LogP contribution in [0.2, 0.25) is 0 Å². The molecule has 1 N–H and O–H groups in total. The van der Waals surface area contributed by atoms with Gasteiger partial charge in [0.2, 0.25) is 11.8 Å². The summed E-state index contributed by atoms with van der Waals surface area (Å²) < 4.78 is 5.41. The molecule has 2 bridgehead atoms. The molecule has 2 aliphatic heterocycles. The number of carbonyl (C=O) groups excluding carboxylic acids is 3. The molecule has 2 aromatic carbocycles. The molecule has 0 radical (unpaired) electrons. The summed E-state index contributed by atoms with van der Waals surface area (Å²) in [5.41, 5.74) is 1.61. The number of carbonyl (C=O) groups is 3. The molecule has 7 heteroatoms. The normalized spacial score (nSPS) is 19.7. The fourth-order valence-electron chi connectivity index (χ4n) is 5.68. The zero-order valence-corrected chi connectivity index (χ0v) is 23.2. The van der Waals surface area contributed by atoms with Crippen LogP contribution in [0.25, 0.3) is 0 Å². The van der Waals surface area contributed by atoms with Gasteiger partial charge in [0.15, 0.2) is 0 Å². The van der Waals surface area contributed by atoms with Gasteiger partial charge in [-0.15, -0.1) is 0 Å². The van der Waals surface area contributed by atoms with Crippen LogP contribution in [0.4, 0.5) is 4.79 Å². The number of alkyl carbamates (subject to hydrolysis) is 1. The van der Waals surface area contributed by atoms with Gasteiger partial charge in [-0.3, -0.25) is 9.59 Å². The van der Waals surface area contributed by atoms with Crippen molar-refractivity contribution in [2.45, 2.75) is 83.5 Å². The Kier molecular flexibility index (Phi) is 8.44. The second-order valence-corrected chi connectivity index (χ2v) is 12.0. The number of hydrogen-bond donors (Lipinski definition) is 1. The van der Waals surface area contributed by atoms with E-state index in [4.69, 9.17) is 4.74 Å². The molecule has 2 saturated heterocycles. The van der Waals surface area contributed by atoms with Crippen molar-refractivity contribution in [3.8, 4) is 0 Å². The van der Waals surface area contributed by atoms with E-state index in [0.717, 1.165) is 17.5 Å². The summed E-state index contributed by atoms with van der Waals surface area (Å²) >= 11 is 0. The highest BCUT2D eigenvalue weighted by Crippen LogP contribution is 2.35. The highest BCUT2D eigenvalue weighted by atomic mass is 16.6. The minimum Gasteiger partial charge on any atom is -0.444 e. The number of likely N-dealkylation sites (tertiary alicyclic amines) is 2. The van der Waals surface area contributed by atoms with Crippen LogP contribution >= 0.6 is 0 Å². The van der Waals surface area contributed by atoms with Crippen LogP contribution in [0, 0.1) is 5.92 Å². The zero-order chi connectivity index (χ0) is 27.4. The molecule has 2 heterocycles. The third-order valence-corrected chi connectivity index (χ3v) is 7.32. The third kappa shape index (κ3) is 6.74. The standard InChI is InChI=1S/C31H41N3O4/c1-21(2)16-27(32-30(37)38-31(3,4)5)29(36)34-20-24-17-25(34)19-33(24)28(35)18-26(22-12-8-6-9-13-22)23-14-10-7-11-15-23/h6-15,21,24-27H,16-20H2,1-5H3,(H,32,37)/t24-,25+,27+/m0/s1. The molecule has 2 fully saturated rings. The van der Waals surface area contributed by atoms with Crippen molar-refractivity contribution in [1.82, 2.24) is 15.1 Å². The Morgan fingerprint density at radius 3 is 1.89 bits per heavy atom. The molecular weight excluding hydrogens is 478 g/mol. The zero-order valence-electron chi connectivity index (χ0n) is 23.2. The summed E-state index contributed by atoms with van der Waals surface area (Å²) in [5, 5.41) is 2.80. The maximum Gasteiger partial charge on any atom is 0.408 e. The minimum atomic E-state index is -0.645. The number of amides is 3. The predicted octanol–water partition coefficient (Wildman–Crippen LogP) is 4.96. The summed E-state index contributed by atoms with van der Waals surface area (Å²) in [6.45, 7) is 10.5. The van der Waals surface area contributed by atoms with Crippen molar-refractivity contribution in [3.05, 3.63) is 71.8 Å². The van der Waals surface area contributed by atoms with Crippen molar-refractivity contribution < 1.29 is 19.1 Å². The van der Waals surface area contributed by atoms with E-state index in [0.29, 0.717) is 25.9 Å². The molecule has 38 heavy (non-hydrogen) atoms. The molecule has 0 aromatic heterocycles. The summed E-state index contributed by atoms with van der Waals surface area (Å²) in [6.07, 6.45) is 1.12. The summed E-state index contributed by atoms with van der Waals surface area (Å²) in [5.74, 6) is 0.239. The topological polar surface area (TPSA) is 79.0 Å². The van der Waals surface area contributed by atoms with Gasteiger partial charge < -0.3 is 19.9 Å². The molecular formula is C31H41N3O4. The lowest BCUT2D eigenvalue weighted by Gasteiger charge is -2.37. The van der Waals surface area contributed by atoms with E-state index in [9.17, 15) is 14.4 Å². The quantitative estimate of drug-likeness (QED) is 0.535. The van der Waals surface area contributed by atoms with Gasteiger partial charge in [-0.25, -0.2) is 4.79 Å². The summed E-state index contributed by atoms with van der Waals surface area (Å²) in [6, 6.07) is 19.7. The Balaban J connectivity index is 1.42. The predicted molar refractivity (Wildman–Crippen MR) is 148 cm³/mol. The first kappa shape index (κ1) is 27.7. The first-order valence-electron chi connectivity index (χ1n) is 13.7. The summed E-state index contributed by atoms with van der Waals surface area (Å²) in [7, 11) is 0. The average Bonchev–Trinajstić information content (AvgIpc) is 3.47. The second-order valence-electron chi connectivity index (χ2n) is 12.0. The Hall–Kier alpha value is -3.35. The third-order valence-electron chi connectivity index (χ3n) is 7.32. The van der Waals surface area contributed by atoms with E-state index in [2.05, 4.69) is 29.6 Å². The highest BCUT2D eigenvalue weighted by molar-refractivity contribution is 5.87. The van der Waals surface area contributed by atoms with Crippen molar-refractivity contribution in [3.63, 3.8) is 0 Å². The molecule has 0 unspecified atom stereocenters. The maximum absolute atomic E-state index is 13.6. The van der Waals surface area contributed by atoms with Crippen molar-refractivity contribution in [2.24, 2.45) is 5.92 Å². The molecule has 2 aliphatic rings. The van der Waals surface area contributed by atoms with E-state index in [-0.39, 0.29) is 35.7 Å². The lowest BCUT2D eigenvalue weighted by Crippen LogP contribution is -2.56. The van der Waals surface area contributed by atoms with Crippen molar-refractivity contribution in [2.75, 3.05) is 13.1 Å². The second kappa shape index (κ2) is 11.6. The van der Waals surface area contributed by atoms with Gasteiger partial charge in [0.25, 0.3) is 0 Å². The number of benzene rings is 2. The molecule has 2 aromatic rings. The smallest absolute Gasteiger partial charge is 0.408 e. The molecule has 204 valence electrons. The highest BCUT2D eigenvalue weighted by Gasteiger charge is 2.48. The van der Waals surface area contributed by atoms with E-state index in [1.807, 2.05) is 60.0 Å². The Morgan fingerprint density at radius 1 is 0.895 bits per heavy atom. The lowest BCUT2D eigenvalue weighted by atomic mass is 9.88. The van der Waals surface area contributed by atoms with Crippen LogP contribution < -0.4 is 5.32 Å². The fraction of sp³-hybridized carbons (Fsp3) is 0.516. The van der Waals surface area contributed by atoms with E-state index in [1.54, 1.807) is 20.8 Å². The first-order valence-corrected chi connectivity index (χ1v) is 13.7. The largest absolute Gasteiger partial charge is 0.444 e. The van der Waals surface area contributed by atoms with Gasteiger partial charge in [-0.1, -0.05) is 74.5 Å². The number of ether oxygens (including phenoxy) is 1. The van der Waals surface area contributed by atoms with Crippen molar-refractivity contribution >= 4 is 17.9 Å². The van der Waals surface area contributed by atoms with Crippen LogP contribution in [-0.2, 0) is 14.3 Å². The first-order chi connectivity index (χ1) is 18.0. The van der Waals surface area contributed by atoms with Crippen LogP contribution in [0.1, 0.15) is 70.9 Å². The minimum absolute atomic E-state index is 0.00451. The lowest BCUT2D eigenvalue weighted by molar-refractivity contribution is -0.141. The van der Waals surface area contributed by atoms with E-state index >= 15 is 0 Å². The van der Waals surface area contributed by atoms with Crippen LogP contribution in [-0.4, -0.2) is 64.5 Å². The van der Waals surface area contributed by atoms with Gasteiger partial charge in [-0.05, 0) is 50.7 Å². The number of nitrogens with zero attached hydrogens (tertiary/aromatic N) is 2. The van der Waals surface area contributed by atoms with Crippen LogP contribution in [0.15, 0.2) is 60.7 Å². The van der Waals surface area contributed by atoms with Gasteiger partial charge in [0.05, 0.1) is 12.1 Å². The number of rotatable bonds is 8. The van der Waals surface area contributed by atoms with Crippen LogP contribution in [0.3, 0.4) is 0 Å². The molecule has 3 amide bonds. The monoisotopic (exact) mass is 519 g/mol. The van der Waals surface area contributed by atoms with Crippen LogP contribution in [0.5, 0.6) is 0 Å². The van der Waals surface area contributed by atoms with Crippen molar-refractivity contribution in [1.29, 1.82) is 0 Å². The molecule has 0 saturated carbocycles. The molecule has 0 aliphatic carbocycles. The summed E-state index contributed by atoms with van der Waals surface area (Å²) in [4.78, 5) is 43.4. The van der Waals surface area contributed by atoms with E-state index < -0.39 is 17.7 Å². The average molecular weight is 520 g/mol. The Morgan fingerprint density at radius 2 is 1.42 bits per heavy atom. The number of fused-ring (bicyclic) bond motifs is 2. The van der Waals surface area contributed by atoms with Gasteiger partial charge in [-0.2, -0.15) is 0 Å². The molecule has 4 rings (SSSR count). The number of hydrogen-bond acceptors (Lipinski definition) is 4. The molecule has 0 spiro atoms. The SMILES string of the molecule is CC(C)C[C@@H](NC(=O)OC(C)(C)C)C(=O)N1C[C@@H]2C[C@@H]1CN2C(=O)CC(c1ccccc1)c1ccccc1. The number of nitrogens with one attached hydrogen (secondary N) is 1. The number of piperazine rings is 1. The van der Waals surface area contributed by atoms with Gasteiger partial charge in [0.1, 0.15) is 11.6 Å². The van der Waals surface area contributed by atoms with Gasteiger partial charge >= 0.3 is 6.09 Å². The molecule has 3 atom stereocenters. The maximum atomic E-state index is 13.6.